The Labute approximate surface area is 172 Å². The van der Waals surface area contributed by atoms with Gasteiger partial charge in [0.05, 0.1) is 28.8 Å². The summed E-state index contributed by atoms with van der Waals surface area (Å²) < 4.78 is 32.6. The molecule has 0 aliphatic carbocycles. The molecule has 0 aliphatic rings. The molecule has 0 aliphatic heterocycles. The molecular formula is C19H17N5O5S. The Morgan fingerprint density at radius 1 is 1.13 bits per heavy atom. The molecule has 0 bridgehead atoms. The van der Waals surface area contributed by atoms with Gasteiger partial charge in [-0.25, -0.2) is 8.42 Å². The van der Waals surface area contributed by atoms with Gasteiger partial charge in [-0.15, -0.1) is 0 Å². The predicted molar refractivity (Wildman–Crippen MR) is 112 cm³/mol. The average molecular weight is 427 g/mol. The van der Waals surface area contributed by atoms with Crippen LogP contribution in [0.2, 0.25) is 0 Å². The molecule has 0 atom stereocenters. The van der Waals surface area contributed by atoms with Crippen molar-refractivity contribution in [2.75, 3.05) is 17.3 Å². The number of nitrogens with one attached hydrogen (secondary N) is 2. The standard InChI is InChI=1S/C19H17N5O5S/c1-29-16-7-5-14(6-8-16)23-30(27,28)17-9-10-18(19(12-17)24(25)26)22-21-13-15-4-2-3-11-20-15/h2-13,22-23H,1H3. The van der Waals surface area contributed by atoms with E-state index in [1.165, 1.54) is 37.6 Å². The van der Waals surface area contributed by atoms with E-state index < -0.39 is 20.6 Å². The number of nitrogens with zero attached hydrogens (tertiary/aromatic N) is 3. The molecule has 154 valence electrons. The zero-order valence-electron chi connectivity index (χ0n) is 15.7. The lowest BCUT2D eigenvalue weighted by Crippen LogP contribution is -2.13. The van der Waals surface area contributed by atoms with E-state index in [-0.39, 0.29) is 10.6 Å². The van der Waals surface area contributed by atoms with Crippen molar-refractivity contribution >= 4 is 33.3 Å². The lowest BCUT2D eigenvalue weighted by Gasteiger charge is -2.10. The van der Waals surface area contributed by atoms with Crippen molar-refractivity contribution < 1.29 is 18.1 Å². The number of nitro groups is 1. The van der Waals surface area contributed by atoms with E-state index in [1.54, 1.807) is 36.5 Å². The Kier molecular flexibility index (Phi) is 6.23. The minimum Gasteiger partial charge on any atom is -0.497 e. The van der Waals surface area contributed by atoms with Crippen LogP contribution in [-0.4, -0.2) is 31.6 Å². The SMILES string of the molecule is COc1ccc(NS(=O)(=O)c2ccc(NN=Cc3ccccn3)c([N+](=O)[O-])c2)cc1. The van der Waals surface area contributed by atoms with Crippen molar-refractivity contribution in [3.8, 4) is 5.75 Å². The number of aromatic nitrogens is 1. The normalized spacial score (nSPS) is 11.2. The molecule has 0 spiro atoms. The minimum atomic E-state index is -4.04. The van der Waals surface area contributed by atoms with Crippen LogP contribution in [0.25, 0.3) is 0 Å². The van der Waals surface area contributed by atoms with Crippen LogP contribution in [-0.2, 0) is 10.0 Å². The molecule has 0 radical (unpaired) electrons. The number of anilines is 2. The van der Waals surface area contributed by atoms with E-state index in [9.17, 15) is 18.5 Å². The molecule has 0 saturated carbocycles. The second-order valence-corrected chi connectivity index (χ2v) is 7.58. The topological polar surface area (TPSA) is 136 Å². The molecule has 0 amide bonds. The van der Waals surface area contributed by atoms with Crippen LogP contribution in [0.5, 0.6) is 5.75 Å². The summed E-state index contributed by atoms with van der Waals surface area (Å²) in [6, 6.07) is 14.9. The molecular weight excluding hydrogens is 410 g/mol. The number of nitro benzene ring substituents is 1. The van der Waals surface area contributed by atoms with Crippen molar-refractivity contribution in [1.82, 2.24) is 4.98 Å². The summed E-state index contributed by atoms with van der Waals surface area (Å²) in [6.45, 7) is 0. The summed E-state index contributed by atoms with van der Waals surface area (Å²) in [4.78, 5) is 14.5. The zero-order valence-corrected chi connectivity index (χ0v) is 16.5. The van der Waals surface area contributed by atoms with E-state index >= 15 is 0 Å². The first-order chi connectivity index (χ1) is 14.4. The van der Waals surface area contributed by atoms with Gasteiger partial charge >= 0.3 is 0 Å². The Morgan fingerprint density at radius 2 is 1.90 bits per heavy atom. The van der Waals surface area contributed by atoms with Gasteiger partial charge < -0.3 is 4.74 Å². The summed E-state index contributed by atoms with van der Waals surface area (Å²) in [5.41, 5.74) is 2.98. The van der Waals surface area contributed by atoms with Crippen LogP contribution in [0.15, 0.2) is 76.9 Å². The van der Waals surface area contributed by atoms with E-state index in [0.717, 1.165) is 6.07 Å². The molecule has 1 aromatic heterocycles. The molecule has 2 N–H and O–H groups in total. The second kappa shape index (κ2) is 9.01. The molecule has 0 unspecified atom stereocenters. The summed E-state index contributed by atoms with van der Waals surface area (Å²) >= 11 is 0. The van der Waals surface area contributed by atoms with Crippen LogP contribution in [0.3, 0.4) is 0 Å². The van der Waals surface area contributed by atoms with Crippen LogP contribution in [0.4, 0.5) is 17.1 Å². The summed E-state index contributed by atoms with van der Waals surface area (Å²) in [5, 5.41) is 15.3. The number of hydrazone groups is 1. The first-order valence-electron chi connectivity index (χ1n) is 8.54. The van der Waals surface area contributed by atoms with Gasteiger partial charge in [-0.1, -0.05) is 6.07 Å². The maximum absolute atomic E-state index is 12.6. The average Bonchev–Trinajstić information content (AvgIpc) is 2.74. The van der Waals surface area contributed by atoms with Crippen LogP contribution < -0.4 is 14.9 Å². The molecule has 3 rings (SSSR count). The lowest BCUT2D eigenvalue weighted by molar-refractivity contribution is -0.384. The fourth-order valence-electron chi connectivity index (χ4n) is 2.42. The Balaban J connectivity index is 1.82. The summed E-state index contributed by atoms with van der Waals surface area (Å²) in [7, 11) is -2.55. The fraction of sp³-hybridized carbons (Fsp3) is 0.0526. The van der Waals surface area contributed by atoms with Gasteiger partial charge in [-0.3, -0.25) is 25.2 Å². The van der Waals surface area contributed by atoms with Gasteiger partial charge in [0.2, 0.25) is 0 Å². The molecule has 30 heavy (non-hydrogen) atoms. The highest BCUT2D eigenvalue weighted by Crippen LogP contribution is 2.29. The summed E-state index contributed by atoms with van der Waals surface area (Å²) in [6.07, 6.45) is 2.97. The fourth-order valence-corrected chi connectivity index (χ4v) is 3.50. The number of pyridine rings is 1. The Hall–Kier alpha value is -3.99. The number of rotatable bonds is 8. The van der Waals surface area contributed by atoms with E-state index in [2.05, 4.69) is 20.2 Å². The predicted octanol–water partition coefficient (Wildman–Crippen LogP) is 3.25. The van der Waals surface area contributed by atoms with E-state index in [4.69, 9.17) is 4.74 Å². The van der Waals surface area contributed by atoms with E-state index in [0.29, 0.717) is 17.1 Å². The molecule has 0 saturated heterocycles. The van der Waals surface area contributed by atoms with Gasteiger partial charge in [-0.05, 0) is 48.5 Å². The number of sulfonamides is 1. The first kappa shape index (κ1) is 20.7. The van der Waals surface area contributed by atoms with Crippen LogP contribution in [0.1, 0.15) is 5.69 Å². The van der Waals surface area contributed by atoms with Crippen molar-refractivity contribution in [2.45, 2.75) is 4.90 Å². The number of hydrogen-bond donors (Lipinski definition) is 2. The van der Waals surface area contributed by atoms with Gasteiger partial charge in [0, 0.05) is 18.0 Å². The minimum absolute atomic E-state index is 0.0376. The van der Waals surface area contributed by atoms with Crippen molar-refractivity contribution in [2.24, 2.45) is 5.10 Å². The lowest BCUT2D eigenvalue weighted by atomic mass is 10.3. The smallest absolute Gasteiger partial charge is 0.295 e. The third kappa shape index (κ3) is 5.08. The van der Waals surface area contributed by atoms with Gasteiger partial charge in [0.1, 0.15) is 11.4 Å². The maximum atomic E-state index is 12.6. The number of ether oxygens (including phenoxy) is 1. The van der Waals surface area contributed by atoms with Crippen LogP contribution in [0, 0.1) is 10.1 Å². The Morgan fingerprint density at radius 3 is 2.53 bits per heavy atom. The largest absolute Gasteiger partial charge is 0.497 e. The molecule has 0 fully saturated rings. The molecule has 2 aromatic carbocycles. The van der Waals surface area contributed by atoms with Crippen molar-refractivity contribution in [3.05, 3.63) is 82.7 Å². The quantitative estimate of drug-likeness (QED) is 0.320. The van der Waals surface area contributed by atoms with E-state index in [1.807, 2.05) is 0 Å². The molecule has 11 heteroatoms. The highest BCUT2D eigenvalue weighted by Gasteiger charge is 2.21. The number of benzene rings is 2. The molecule has 1 heterocycles. The first-order valence-corrected chi connectivity index (χ1v) is 10.0. The monoisotopic (exact) mass is 427 g/mol. The Bertz CT molecular complexity index is 1170. The van der Waals surface area contributed by atoms with Gasteiger partial charge in [-0.2, -0.15) is 5.10 Å². The molecule has 3 aromatic rings. The second-order valence-electron chi connectivity index (χ2n) is 5.89. The maximum Gasteiger partial charge on any atom is 0.295 e. The third-order valence-electron chi connectivity index (χ3n) is 3.89. The van der Waals surface area contributed by atoms with Gasteiger partial charge in [0.25, 0.3) is 15.7 Å². The number of methoxy groups -OCH3 is 1. The number of hydrogen-bond acceptors (Lipinski definition) is 8. The van der Waals surface area contributed by atoms with Crippen molar-refractivity contribution in [3.63, 3.8) is 0 Å². The van der Waals surface area contributed by atoms with Gasteiger partial charge in [0.15, 0.2) is 0 Å². The zero-order chi connectivity index (χ0) is 21.6. The highest BCUT2D eigenvalue weighted by atomic mass is 32.2. The highest BCUT2D eigenvalue weighted by molar-refractivity contribution is 7.92. The van der Waals surface area contributed by atoms with Crippen LogP contribution >= 0.6 is 0 Å². The molecule has 10 nitrogen and oxygen atoms in total. The third-order valence-corrected chi connectivity index (χ3v) is 5.27. The van der Waals surface area contributed by atoms with Crippen molar-refractivity contribution in [1.29, 1.82) is 0 Å². The summed E-state index contributed by atoms with van der Waals surface area (Å²) in [5.74, 6) is 0.565.